The van der Waals surface area contributed by atoms with Gasteiger partial charge in [0, 0.05) is 9.50 Å². The lowest BCUT2D eigenvalue weighted by molar-refractivity contribution is 0.306. The summed E-state index contributed by atoms with van der Waals surface area (Å²) in [6.45, 7) is 2.27. The van der Waals surface area contributed by atoms with Crippen LogP contribution in [0.3, 0.4) is 0 Å². The van der Waals surface area contributed by atoms with Gasteiger partial charge in [0.05, 0.1) is 16.6 Å². The van der Waals surface area contributed by atoms with E-state index in [1.54, 1.807) is 10.6 Å². The van der Waals surface area contributed by atoms with E-state index in [-0.39, 0.29) is 5.56 Å². The number of benzene rings is 3. The summed E-state index contributed by atoms with van der Waals surface area (Å²) in [5, 5.41) is 1.27. The summed E-state index contributed by atoms with van der Waals surface area (Å²) in [4.78, 5) is 17.5. The van der Waals surface area contributed by atoms with Crippen LogP contribution in [0.25, 0.3) is 16.6 Å². The predicted molar refractivity (Wildman–Crippen MR) is 116 cm³/mol. The summed E-state index contributed by atoms with van der Waals surface area (Å²) < 4.78 is 8.27. The number of ether oxygens (including phenoxy) is 1. The maximum Gasteiger partial charge on any atom is 0.265 e. The fourth-order valence-corrected chi connectivity index (χ4v) is 3.50. The molecule has 0 N–H and O–H groups in total. The van der Waals surface area contributed by atoms with Crippen LogP contribution in [0.1, 0.15) is 11.4 Å². The Bertz CT molecular complexity index is 1200. The molecule has 0 saturated carbocycles. The molecule has 0 amide bonds. The van der Waals surface area contributed by atoms with Crippen molar-refractivity contribution in [3.05, 3.63) is 98.0 Å². The van der Waals surface area contributed by atoms with Gasteiger partial charge in [-0.3, -0.25) is 9.36 Å². The minimum Gasteiger partial charge on any atom is -0.489 e. The number of rotatable bonds is 4. The van der Waals surface area contributed by atoms with Crippen LogP contribution in [-0.2, 0) is 6.61 Å². The lowest BCUT2D eigenvalue weighted by Gasteiger charge is -2.12. The van der Waals surface area contributed by atoms with Gasteiger partial charge in [-0.25, -0.2) is 4.98 Å². The third-order valence-corrected chi connectivity index (χ3v) is 5.16. The minimum absolute atomic E-state index is 0.0985. The SMILES string of the molecule is Cc1nc2ccc(Br)cc2c(=O)n1-c1ccc(OCc2ccc(Cl)cc2)cc1. The molecule has 3 aromatic carbocycles. The Morgan fingerprint density at radius 1 is 1.04 bits per heavy atom. The molecule has 1 heterocycles. The third kappa shape index (κ3) is 3.81. The van der Waals surface area contributed by atoms with Crippen molar-refractivity contribution in [1.82, 2.24) is 9.55 Å². The molecule has 0 radical (unpaired) electrons. The lowest BCUT2D eigenvalue weighted by atomic mass is 10.2. The Morgan fingerprint density at radius 2 is 1.75 bits per heavy atom. The van der Waals surface area contributed by atoms with E-state index in [4.69, 9.17) is 16.3 Å². The first-order valence-electron chi connectivity index (χ1n) is 8.68. The Labute approximate surface area is 175 Å². The van der Waals surface area contributed by atoms with Crippen molar-refractivity contribution in [2.75, 3.05) is 0 Å². The van der Waals surface area contributed by atoms with Crippen molar-refractivity contribution in [2.45, 2.75) is 13.5 Å². The molecule has 4 rings (SSSR count). The number of fused-ring (bicyclic) bond motifs is 1. The normalized spacial score (nSPS) is 11.0. The molecule has 28 heavy (non-hydrogen) atoms. The molecule has 140 valence electrons. The predicted octanol–water partition coefficient (Wildman–Crippen LogP) is 5.69. The van der Waals surface area contributed by atoms with Crippen LogP contribution in [0.5, 0.6) is 5.75 Å². The van der Waals surface area contributed by atoms with Gasteiger partial charge in [0.2, 0.25) is 0 Å². The lowest BCUT2D eigenvalue weighted by Crippen LogP contribution is -2.22. The van der Waals surface area contributed by atoms with E-state index < -0.39 is 0 Å². The Kier molecular flexibility index (Phi) is 5.20. The Morgan fingerprint density at radius 3 is 2.46 bits per heavy atom. The van der Waals surface area contributed by atoms with Gasteiger partial charge < -0.3 is 4.74 Å². The van der Waals surface area contributed by atoms with Crippen molar-refractivity contribution in [1.29, 1.82) is 0 Å². The molecule has 0 spiro atoms. The number of aromatic nitrogens is 2. The Hall–Kier alpha value is -2.63. The first kappa shape index (κ1) is 18.7. The highest BCUT2D eigenvalue weighted by molar-refractivity contribution is 9.10. The van der Waals surface area contributed by atoms with Crippen molar-refractivity contribution < 1.29 is 4.74 Å². The molecule has 0 aliphatic rings. The van der Waals surface area contributed by atoms with Gasteiger partial charge in [-0.05, 0) is 67.1 Å². The van der Waals surface area contributed by atoms with Crippen LogP contribution in [0.2, 0.25) is 5.02 Å². The molecule has 0 saturated heterocycles. The van der Waals surface area contributed by atoms with E-state index >= 15 is 0 Å². The second-order valence-electron chi connectivity index (χ2n) is 6.37. The van der Waals surface area contributed by atoms with Gasteiger partial charge in [-0.2, -0.15) is 0 Å². The van der Waals surface area contributed by atoms with E-state index in [0.717, 1.165) is 21.5 Å². The van der Waals surface area contributed by atoms with E-state index in [0.29, 0.717) is 28.4 Å². The largest absolute Gasteiger partial charge is 0.489 e. The molecule has 4 aromatic rings. The second kappa shape index (κ2) is 7.78. The summed E-state index contributed by atoms with van der Waals surface area (Å²) in [6.07, 6.45) is 0. The minimum atomic E-state index is -0.0985. The van der Waals surface area contributed by atoms with E-state index in [9.17, 15) is 4.79 Å². The monoisotopic (exact) mass is 454 g/mol. The molecule has 0 bridgehead atoms. The zero-order valence-corrected chi connectivity index (χ0v) is 17.4. The molecule has 0 unspecified atom stereocenters. The topological polar surface area (TPSA) is 44.1 Å². The number of hydrogen-bond donors (Lipinski definition) is 0. The highest BCUT2D eigenvalue weighted by atomic mass is 79.9. The molecule has 6 heteroatoms. The molecule has 0 fully saturated rings. The second-order valence-corrected chi connectivity index (χ2v) is 7.72. The summed E-state index contributed by atoms with van der Waals surface area (Å²) in [5.41, 5.74) is 2.36. The highest BCUT2D eigenvalue weighted by Gasteiger charge is 2.10. The third-order valence-electron chi connectivity index (χ3n) is 4.41. The molecule has 1 aromatic heterocycles. The zero-order valence-electron chi connectivity index (χ0n) is 15.0. The summed E-state index contributed by atoms with van der Waals surface area (Å²) >= 11 is 9.31. The zero-order chi connectivity index (χ0) is 19.7. The van der Waals surface area contributed by atoms with Crippen molar-refractivity contribution in [3.63, 3.8) is 0 Å². The van der Waals surface area contributed by atoms with E-state index in [1.807, 2.05) is 67.6 Å². The van der Waals surface area contributed by atoms with Crippen LogP contribution < -0.4 is 10.3 Å². The molecular weight excluding hydrogens is 440 g/mol. The number of aryl methyl sites for hydroxylation is 1. The molecule has 0 aliphatic heterocycles. The fraction of sp³-hybridized carbons (Fsp3) is 0.0909. The van der Waals surface area contributed by atoms with Crippen molar-refractivity contribution in [3.8, 4) is 11.4 Å². The quantitative estimate of drug-likeness (QED) is 0.397. The number of hydrogen-bond acceptors (Lipinski definition) is 3. The smallest absolute Gasteiger partial charge is 0.265 e. The standard InChI is InChI=1S/C22H16BrClN2O2/c1-14-25-21-11-4-16(23)12-20(21)22(27)26(14)18-7-9-19(10-8-18)28-13-15-2-5-17(24)6-3-15/h2-12H,13H2,1H3. The van der Waals surface area contributed by atoms with Gasteiger partial charge in [0.15, 0.2) is 0 Å². The maximum atomic E-state index is 13.0. The van der Waals surface area contributed by atoms with Crippen LogP contribution >= 0.6 is 27.5 Å². The molecule has 4 nitrogen and oxygen atoms in total. The van der Waals surface area contributed by atoms with Crippen LogP contribution in [0.4, 0.5) is 0 Å². The fourth-order valence-electron chi connectivity index (χ4n) is 3.01. The number of nitrogens with zero attached hydrogens (tertiary/aromatic N) is 2. The molecule has 0 aliphatic carbocycles. The number of halogens is 2. The maximum absolute atomic E-state index is 13.0. The Balaban J connectivity index is 1.61. The summed E-state index contributed by atoms with van der Waals surface area (Å²) in [6, 6.07) is 20.5. The van der Waals surface area contributed by atoms with E-state index in [2.05, 4.69) is 20.9 Å². The first-order chi connectivity index (χ1) is 13.5. The molecule has 0 atom stereocenters. The average Bonchev–Trinajstić information content (AvgIpc) is 2.69. The first-order valence-corrected chi connectivity index (χ1v) is 9.85. The van der Waals surface area contributed by atoms with Crippen LogP contribution in [0.15, 0.2) is 76.0 Å². The van der Waals surface area contributed by atoms with Gasteiger partial charge in [0.25, 0.3) is 5.56 Å². The van der Waals surface area contributed by atoms with Gasteiger partial charge in [-0.15, -0.1) is 0 Å². The van der Waals surface area contributed by atoms with E-state index in [1.165, 1.54) is 0 Å². The van der Waals surface area contributed by atoms with Gasteiger partial charge in [0.1, 0.15) is 18.2 Å². The van der Waals surface area contributed by atoms with Gasteiger partial charge >= 0.3 is 0 Å². The average molecular weight is 456 g/mol. The highest BCUT2D eigenvalue weighted by Crippen LogP contribution is 2.20. The summed E-state index contributed by atoms with van der Waals surface area (Å²) in [7, 11) is 0. The van der Waals surface area contributed by atoms with Gasteiger partial charge in [-0.1, -0.05) is 39.7 Å². The van der Waals surface area contributed by atoms with Crippen LogP contribution in [0, 0.1) is 6.92 Å². The molecular formula is C22H16BrClN2O2. The van der Waals surface area contributed by atoms with Crippen molar-refractivity contribution in [2.24, 2.45) is 0 Å². The van der Waals surface area contributed by atoms with Crippen molar-refractivity contribution >= 4 is 38.4 Å². The van der Waals surface area contributed by atoms with Crippen LogP contribution in [-0.4, -0.2) is 9.55 Å². The summed E-state index contributed by atoms with van der Waals surface area (Å²) in [5.74, 6) is 1.36.